The minimum absolute atomic E-state index is 0.0615. The molecule has 0 saturated carbocycles. The normalized spacial score (nSPS) is 18.5. The smallest absolute Gasteiger partial charge is 0.338 e. The number of ether oxygens (including phenoxy) is 1. The zero-order chi connectivity index (χ0) is 14.9. The molecular weight excluding hydrogens is 324 g/mol. The third-order valence-corrected chi connectivity index (χ3v) is 4.60. The lowest BCUT2D eigenvalue weighted by Crippen LogP contribution is -2.26. The molecule has 1 aromatic rings. The second-order valence-corrected chi connectivity index (χ2v) is 5.67. The van der Waals surface area contributed by atoms with Crippen LogP contribution in [0.25, 0.3) is 0 Å². The van der Waals surface area contributed by atoms with E-state index in [9.17, 15) is 9.59 Å². The summed E-state index contributed by atoms with van der Waals surface area (Å²) < 4.78 is 5.48. The van der Waals surface area contributed by atoms with E-state index in [1.807, 2.05) is 6.92 Å². The molecule has 1 aliphatic rings. The van der Waals surface area contributed by atoms with E-state index in [0.29, 0.717) is 25.1 Å². The number of nitrogens with two attached hydrogens (primary N) is 1. The molecular formula is C14H17BrN2O3. The maximum absolute atomic E-state index is 12.0. The van der Waals surface area contributed by atoms with E-state index in [4.69, 9.17) is 10.5 Å². The van der Waals surface area contributed by atoms with Gasteiger partial charge in [0.05, 0.1) is 18.4 Å². The topological polar surface area (TPSA) is 72.6 Å². The van der Waals surface area contributed by atoms with Gasteiger partial charge in [0.2, 0.25) is 5.91 Å². The van der Waals surface area contributed by atoms with Crippen LogP contribution in [0.15, 0.2) is 16.6 Å². The molecule has 1 aromatic carbocycles. The number of carbonyl (C=O) groups excluding carboxylic acids is 2. The van der Waals surface area contributed by atoms with Crippen LogP contribution in [0.5, 0.6) is 0 Å². The molecule has 2 rings (SSSR count). The molecule has 0 spiro atoms. The fourth-order valence-corrected chi connectivity index (χ4v) is 2.94. The molecule has 0 bridgehead atoms. The van der Waals surface area contributed by atoms with Gasteiger partial charge in [0, 0.05) is 17.4 Å². The second kappa shape index (κ2) is 5.93. The summed E-state index contributed by atoms with van der Waals surface area (Å²) in [5.74, 6) is -0.135. The number of esters is 1. The average Bonchev–Trinajstić information content (AvgIpc) is 2.82. The van der Waals surface area contributed by atoms with Crippen molar-refractivity contribution in [3.05, 3.63) is 27.7 Å². The Kier molecular flexibility index (Phi) is 4.45. The first-order valence-electron chi connectivity index (χ1n) is 6.37. The van der Waals surface area contributed by atoms with E-state index in [1.165, 1.54) is 7.11 Å². The van der Waals surface area contributed by atoms with Gasteiger partial charge in [-0.1, -0.05) is 0 Å². The molecule has 2 N–H and O–H groups in total. The Morgan fingerprint density at radius 3 is 2.80 bits per heavy atom. The number of anilines is 1. The molecule has 1 amide bonds. The maximum atomic E-state index is 12.0. The molecule has 1 heterocycles. The Morgan fingerprint density at radius 2 is 2.25 bits per heavy atom. The lowest BCUT2D eigenvalue weighted by molar-refractivity contribution is -0.117. The van der Waals surface area contributed by atoms with Gasteiger partial charge in [-0.25, -0.2) is 4.79 Å². The summed E-state index contributed by atoms with van der Waals surface area (Å²) in [7, 11) is 1.35. The maximum Gasteiger partial charge on any atom is 0.338 e. The molecule has 108 valence electrons. The summed E-state index contributed by atoms with van der Waals surface area (Å²) in [6.45, 7) is 2.94. The third kappa shape index (κ3) is 2.58. The Hall–Kier alpha value is -1.40. The molecule has 5 nitrogen and oxygen atoms in total. The highest BCUT2D eigenvalue weighted by Gasteiger charge is 2.31. The third-order valence-electron chi connectivity index (χ3n) is 3.60. The van der Waals surface area contributed by atoms with E-state index in [0.717, 1.165) is 15.7 Å². The molecule has 1 atom stereocenters. The van der Waals surface area contributed by atoms with Crippen molar-refractivity contribution in [2.24, 2.45) is 11.7 Å². The lowest BCUT2D eigenvalue weighted by atomic mass is 10.1. The molecule has 0 aromatic heterocycles. The number of methoxy groups -OCH3 is 1. The zero-order valence-corrected chi connectivity index (χ0v) is 13.1. The first-order chi connectivity index (χ1) is 9.49. The Labute approximate surface area is 126 Å². The van der Waals surface area contributed by atoms with Crippen molar-refractivity contribution < 1.29 is 14.3 Å². The number of hydrogen-bond donors (Lipinski definition) is 1. The van der Waals surface area contributed by atoms with Gasteiger partial charge in [-0.3, -0.25) is 4.79 Å². The lowest BCUT2D eigenvalue weighted by Gasteiger charge is -2.20. The molecule has 1 fully saturated rings. The van der Waals surface area contributed by atoms with Crippen LogP contribution in [0, 0.1) is 12.8 Å². The Balaban J connectivity index is 2.37. The number of carbonyl (C=O) groups is 2. The quantitative estimate of drug-likeness (QED) is 0.852. The largest absolute Gasteiger partial charge is 0.465 e. The number of rotatable bonds is 3. The van der Waals surface area contributed by atoms with Crippen LogP contribution in [0.3, 0.4) is 0 Å². The number of nitrogens with zero attached hydrogens (tertiary/aromatic N) is 1. The summed E-state index contributed by atoms with van der Waals surface area (Å²) in [5, 5.41) is 0. The molecule has 20 heavy (non-hydrogen) atoms. The fourth-order valence-electron chi connectivity index (χ4n) is 2.38. The van der Waals surface area contributed by atoms with Gasteiger partial charge in [0.15, 0.2) is 0 Å². The Bertz CT molecular complexity index is 560. The summed E-state index contributed by atoms with van der Waals surface area (Å²) >= 11 is 3.47. The predicted octanol–water partition coefficient (Wildman–Crippen LogP) is 1.86. The van der Waals surface area contributed by atoms with Gasteiger partial charge in [-0.15, -0.1) is 0 Å². The van der Waals surface area contributed by atoms with Gasteiger partial charge in [0.1, 0.15) is 0 Å². The summed E-state index contributed by atoms with van der Waals surface area (Å²) in [6, 6.07) is 3.45. The second-order valence-electron chi connectivity index (χ2n) is 4.87. The minimum atomic E-state index is -0.387. The van der Waals surface area contributed by atoms with Gasteiger partial charge in [-0.2, -0.15) is 0 Å². The first kappa shape index (κ1) is 15.0. The SMILES string of the molecule is COC(=O)c1ccc(N2CC(CN)CC2=O)c(Br)c1C. The van der Waals surface area contributed by atoms with Gasteiger partial charge < -0.3 is 15.4 Å². The van der Waals surface area contributed by atoms with E-state index in [2.05, 4.69) is 15.9 Å². The molecule has 1 unspecified atom stereocenters. The summed E-state index contributed by atoms with van der Waals surface area (Å²) in [6.07, 6.45) is 0.473. The fraction of sp³-hybridized carbons (Fsp3) is 0.429. The first-order valence-corrected chi connectivity index (χ1v) is 7.16. The van der Waals surface area contributed by atoms with Crippen molar-refractivity contribution in [2.75, 3.05) is 25.1 Å². The molecule has 1 aliphatic heterocycles. The van der Waals surface area contributed by atoms with E-state index in [-0.39, 0.29) is 17.8 Å². The van der Waals surface area contributed by atoms with Gasteiger partial charge in [-0.05, 0) is 53.0 Å². The summed E-state index contributed by atoms with van der Waals surface area (Å²) in [5.41, 5.74) is 7.66. The van der Waals surface area contributed by atoms with Gasteiger partial charge in [0.25, 0.3) is 0 Å². The molecule has 6 heteroatoms. The van der Waals surface area contributed by atoms with Crippen molar-refractivity contribution in [2.45, 2.75) is 13.3 Å². The molecule has 0 radical (unpaired) electrons. The van der Waals surface area contributed by atoms with Crippen molar-refractivity contribution >= 4 is 33.5 Å². The average molecular weight is 341 g/mol. The predicted molar refractivity (Wildman–Crippen MR) is 79.7 cm³/mol. The van der Waals surface area contributed by atoms with Crippen LogP contribution in [-0.2, 0) is 9.53 Å². The van der Waals surface area contributed by atoms with Crippen molar-refractivity contribution in [1.82, 2.24) is 0 Å². The van der Waals surface area contributed by atoms with Crippen molar-refractivity contribution in [3.8, 4) is 0 Å². The highest BCUT2D eigenvalue weighted by molar-refractivity contribution is 9.10. The van der Waals surface area contributed by atoms with E-state index >= 15 is 0 Å². The van der Waals surface area contributed by atoms with Crippen molar-refractivity contribution in [1.29, 1.82) is 0 Å². The van der Waals surface area contributed by atoms with Crippen LogP contribution in [0.2, 0.25) is 0 Å². The summed E-state index contributed by atoms with van der Waals surface area (Å²) in [4.78, 5) is 25.4. The minimum Gasteiger partial charge on any atom is -0.465 e. The number of amides is 1. The van der Waals surface area contributed by atoms with Crippen LogP contribution in [0.4, 0.5) is 5.69 Å². The highest BCUT2D eigenvalue weighted by atomic mass is 79.9. The van der Waals surface area contributed by atoms with Gasteiger partial charge >= 0.3 is 5.97 Å². The highest BCUT2D eigenvalue weighted by Crippen LogP contribution is 2.35. The van der Waals surface area contributed by atoms with E-state index in [1.54, 1.807) is 17.0 Å². The number of halogens is 1. The number of benzene rings is 1. The molecule has 0 aliphatic carbocycles. The van der Waals surface area contributed by atoms with Crippen LogP contribution in [-0.4, -0.2) is 32.1 Å². The van der Waals surface area contributed by atoms with Crippen LogP contribution >= 0.6 is 15.9 Å². The number of hydrogen-bond acceptors (Lipinski definition) is 4. The Morgan fingerprint density at radius 1 is 1.55 bits per heavy atom. The van der Waals surface area contributed by atoms with Crippen LogP contribution in [0.1, 0.15) is 22.3 Å². The monoisotopic (exact) mass is 340 g/mol. The zero-order valence-electron chi connectivity index (χ0n) is 11.5. The van der Waals surface area contributed by atoms with Crippen molar-refractivity contribution in [3.63, 3.8) is 0 Å². The van der Waals surface area contributed by atoms with E-state index < -0.39 is 0 Å². The standard InChI is InChI=1S/C14H17BrN2O3/c1-8-10(14(19)20-2)3-4-11(13(8)15)17-7-9(6-16)5-12(17)18/h3-4,9H,5-7,16H2,1-2H3. The molecule has 1 saturated heterocycles. The van der Waals surface area contributed by atoms with Crippen LogP contribution < -0.4 is 10.6 Å².